The summed E-state index contributed by atoms with van der Waals surface area (Å²) in [6, 6.07) is 10.9. The summed E-state index contributed by atoms with van der Waals surface area (Å²) in [6.07, 6.45) is 1.58. The van der Waals surface area contributed by atoms with Crippen molar-refractivity contribution in [2.45, 2.75) is 6.42 Å². The zero-order valence-corrected chi connectivity index (χ0v) is 12.3. The predicted molar refractivity (Wildman–Crippen MR) is 83.5 cm³/mol. The molecule has 0 spiro atoms. The molecule has 0 fully saturated rings. The zero-order valence-electron chi connectivity index (χ0n) is 10.7. The Morgan fingerprint density at radius 1 is 1.33 bits per heavy atom. The van der Waals surface area contributed by atoms with Crippen molar-refractivity contribution in [3.63, 3.8) is 0 Å². The van der Waals surface area contributed by atoms with Crippen molar-refractivity contribution >= 4 is 51.7 Å². The summed E-state index contributed by atoms with van der Waals surface area (Å²) in [5.74, 6) is -0.616. The number of fused-ring (bicyclic) bond motifs is 1. The Bertz CT molecular complexity index is 801. The van der Waals surface area contributed by atoms with Gasteiger partial charge in [0.1, 0.15) is 5.52 Å². The molecule has 6 heteroatoms. The number of nitrogens with zero attached hydrogens (tertiary/aromatic N) is 1. The normalized spacial score (nSPS) is 12.0. The van der Waals surface area contributed by atoms with E-state index < -0.39 is 5.97 Å². The van der Waals surface area contributed by atoms with E-state index in [1.54, 1.807) is 18.2 Å². The highest BCUT2D eigenvalue weighted by molar-refractivity contribution is 7.17. The average molecular weight is 320 g/mol. The van der Waals surface area contributed by atoms with Crippen LogP contribution in [0.3, 0.4) is 0 Å². The van der Waals surface area contributed by atoms with E-state index in [1.165, 1.54) is 11.3 Å². The molecule has 1 aromatic carbocycles. The summed E-state index contributed by atoms with van der Waals surface area (Å²) in [5, 5.41) is 9.07. The monoisotopic (exact) mass is 319 g/mol. The third-order valence-corrected chi connectivity index (χ3v) is 4.00. The van der Waals surface area contributed by atoms with Gasteiger partial charge in [0.25, 0.3) is 0 Å². The third kappa shape index (κ3) is 3.15. The predicted octanol–water partition coefficient (Wildman–Crippen LogP) is 4.56. The van der Waals surface area contributed by atoms with Gasteiger partial charge in [0.2, 0.25) is 5.89 Å². The Morgan fingerprint density at radius 2 is 2.14 bits per heavy atom. The molecular formula is C15H10ClNO3S. The molecule has 0 atom stereocenters. The molecule has 0 saturated carbocycles. The fraction of sp³-hybridized carbons (Fsp3) is 0.0667. The van der Waals surface area contributed by atoms with Crippen LogP contribution in [0.5, 0.6) is 0 Å². The van der Waals surface area contributed by atoms with Crippen molar-refractivity contribution in [2.24, 2.45) is 0 Å². The molecule has 4 nitrogen and oxygen atoms in total. The Labute approximate surface area is 129 Å². The van der Waals surface area contributed by atoms with Gasteiger partial charge >= 0.3 is 5.97 Å². The number of carbonyl (C=O) groups is 1. The molecule has 21 heavy (non-hydrogen) atoms. The standard InChI is InChI=1S/C15H10ClNO3S/c16-13-6-5-10(21-13)7-9(8-14(18)19)15-17-11-3-1-2-4-12(11)20-15/h1-7H,8H2,(H,18,19)/b9-7-. The van der Waals surface area contributed by atoms with Crippen LogP contribution in [0.1, 0.15) is 17.2 Å². The number of carboxylic acid groups (broad SMARTS) is 1. The van der Waals surface area contributed by atoms with Gasteiger partial charge in [-0.05, 0) is 30.3 Å². The minimum atomic E-state index is -0.939. The number of rotatable bonds is 4. The second-order valence-corrected chi connectivity index (χ2v) is 6.12. The number of hydrogen-bond donors (Lipinski definition) is 1. The van der Waals surface area contributed by atoms with E-state index in [0.29, 0.717) is 26.9 Å². The summed E-state index contributed by atoms with van der Waals surface area (Å²) < 4.78 is 6.29. The van der Waals surface area contributed by atoms with Crippen molar-refractivity contribution in [2.75, 3.05) is 0 Å². The summed E-state index contributed by atoms with van der Waals surface area (Å²) >= 11 is 7.27. The first-order chi connectivity index (χ1) is 10.1. The van der Waals surface area contributed by atoms with Crippen LogP contribution in [0, 0.1) is 0 Å². The smallest absolute Gasteiger partial charge is 0.308 e. The second-order valence-electron chi connectivity index (χ2n) is 4.37. The third-order valence-electron chi connectivity index (χ3n) is 2.82. The van der Waals surface area contributed by atoms with E-state index in [-0.39, 0.29) is 6.42 Å². The van der Waals surface area contributed by atoms with Crippen molar-refractivity contribution < 1.29 is 14.3 Å². The van der Waals surface area contributed by atoms with Crippen LogP contribution in [0.25, 0.3) is 22.7 Å². The van der Waals surface area contributed by atoms with Gasteiger partial charge in [0.05, 0.1) is 10.8 Å². The molecule has 0 aliphatic heterocycles. The van der Waals surface area contributed by atoms with Crippen LogP contribution in [-0.4, -0.2) is 16.1 Å². The minimum Gasteiger partial charge on any atom is -0.481 e. The van der Waals surface area contributed by atoms with Crippen LogP contribution < -0.4 is 0 Å². The van der Waals surface area contributed by atoms with E-state index in [0.717, 1.165) is 4.88 Å². The maximum Gasteiger partial charge on any atom is 0.308 e. The molecule has 106 valence electrons. The number of oxazole rings is 1. The molecule has 0 bridgehead atoms. The van der Waals surface area contributed by atoms with Crippen LogP contribution in [0.15, 0.2) is 40.8 Å². The highest BCUT2D eigenvalue weighted by atomic mass is 35.5. The zero-order chi connectivity index (χ0) is 14.8. The average Bonchev–Trinajstić information content (AvgIpc) is 3.03. The lowest BCUT2D eigenvalue weighted by molar-refractivity contribution is -0.135. The fourth-order valence-electron chi connectivity index (χ4n) is 1.94. The quantitative estimate of drug-likeness (QED) is 0.765. The molecule has 0 radical (unpaired) electrons. The number of halogens is 1. The van der Waals surface area contributed by atoms with E-state index in [1.807, 2.05) is 24.3 Å². The first-order valence-electron chi connectivity index (χ1n) is 6.15. The Hall–Kier alpha value is -2.11. The number of benzene rings is 1. The van der Waals surface area contributed by atoms with E-state index >= 15 is 0 Å². The Morgan fingerprint density at radius 3 is 2.81 bits per heavy atom. The summed E-state index contributed by atoms with van der Waals surface area (Å²) in [7, 11) is 0. The first kappa shape index (κ1) is 13.9. The van der Waals surface area contributed by atoms with Crippen LogP contribution in [0.4, 0.5) is 0 Å². The molecule has 2 heterocycles. The summed E-state index contributed by atoms with van der Waals surface area (Å²) in [6.45, 7) is 0. The molecule has 0 amide bonds. The molecule has 0 aliphatic carbocycles. The molecule has 0 aliphatic rings. The lowest BCUT2D eigenvalue weighted by atomic mass is 10.1. The molecule has 2 aromatic heterocycles. The van der Waals surface area contributed by atoms with Gasteiger partial charge in [-0.25, -0.2) is 4.98 Å². The number of carboxylic acids is 1. The van der Waals surface area contributed by atoms with Gasteiger partial charge in [0.15, 0.2) is 5.58 Å². The second kappa shape index (κ2) is 5.71. The van der Waals surface area contributed by atoms with Gasteiger partial charge in [0, 0.05) is 10.5 Å². The van der Waals surface area contributed by atoms with Gasteiger partial charge in [-0.2, -0.15) is 0 Å². The number of aromatic nitrogens is 1. The molecule has 0 saturated heterocycles. The van der Waals surface area contributed by atoms with E-state index in [2.05, 4.69) is 4.98 Å². The van der Waals surface area contributed by atoms with Crippen molar-refractivity contribution in [1.29, 1.82) is 0 Å². The van der Waals surface area contributed by atoms with Gasteiger partial charge in [-0.15, -0.1) is 11.3 Å². The summed E-state index contributed by atoms with van der Waals surface area (Å²) in [5.41, 5.74) is 1.85. The number of hydrogen-bond acceptors (Lipinski definition) is 4. The fourth-order valence-corrected chi connectivity index (χ4v) is 2.97. The van der Waals surface area contributed by atoms with Gasteiger partial charge < -0.3 is 9.52 Å². The van der Waals surface area contributed by atoms with Crippen LogP contribution >= 0.6 is 22.9 Å². The minimum absolute atomic E-state index is 0.164. The molecule has 1 N–H and O–H groups in total. The van der Waals surface area contributed by atoms with E-state index in [4.69, 9.17) is 21.1 Å². The Kier molecular flexibility index (Phi) is 3.77. The number of para-hydroxylation sites is 2. The van der Waals surface area contributed by atoms with Crippen molar-refractivity contribution in [1.82, 2.24) is 4.98 Å². The molecule has 0 unspecified atom stereocenters. The van der Waals surface area contributed by atoms with Gasteiger partial charge in [-0.1, -0.05) is 23.7 Å². The van der Waals surface area contributed by atoms with Crippen molar-refractivity contribution in [3.8, 4) is 0 Å². The SMILES string of the molecule is O=C(O)C/C(=C/c1ccc(Cl)s1)c1nc2ccccc2o1. The Balaban J connectivity index is 2.06. The highest BCUT2D eigenvalue weighted by Gasteiger charge is 2.14. The molecule has 3 aromatic rings. The maximum absolute atomic E-state index is 11.1. The first-order valence-corrected chi connectivity index (χ1v) is 7.35. The number of thiophene rings is 1. The van der Waals surface area contributed by atoms with Gasteiger partial charge in [-0.3, -0.25) is 4.79 Å². The lowest BCUT2D eigenvalue weighted by Crippen LogP contribution is -1.97. The van der Waals surface area contributed by atoms with Crippen LogP contribution in [-0.2, 0) is 4.79 Å². The topological polar surface area (TPSA) is 63.3 Å². The highest BCUT2D eigenvalue weighted by Crippen LogP contribution is 2.29. The lowest BCUT2D eigenvalue weighted by Gasteiger charge is -1.98. The number of aliphatic carboxylic acids is 1. The van der Waals surface area contributed by atoms with Crippen LogP contribution in [0.2, 0.25) is 4.34 Å². The van der Waals surface area contributed by atoms with E-state index in [9.17, 15) is 4.79 Å². The molecule has 3 rings (SSSR count). The summed E-state index contributed by atoms with van der Waals surface area (Å²) in [4.78, 5) is 16.3. The van der Waals surface area contributed by atoms with Crippen molar-refractivity contribution in [3.05, 3.63) is 51.5 Å². The maximum atomic E-state index is 11.1. The molecular weight excluding hydrogens is 310 g/mol. The largest absolute Gasteiger partial charge is 0.481 e.